The maximum atomic E-state index is 11.2. The SMILES string of the molecule is CC(C)/C=C1\C(=O)CC(=O)NC1=O. The molecule has 13 heavy (non-hydrogen) atoms. The Morgan fingerprint density at radius 2 is 1.92 bits per heavy atom. The predicted molar refractivity (Wildman–Crippen MR) is 45.7 cm³/mol. The van der Waals surface area contributed by atoms with E-state index in [-0.39, 0.29) is 23.7 Å². The average Bonchev–Trinajstić information content (AvgIpc) is 1.96. The van der Waals surface area contributed by atoms with Gasteiger partial charge in [-0.3, -0.25) is 19.7 Å². The molecule has 0 bridgehead atoms. The van der Waals surface area contributed by atoms with Crippen molar-refractivity contribution >= 4 is 17.6 Å². The second-order valence-corrected chi connectivity index (χ2v) is 3.30. The summed E-state index contributed by atoms with van der Waals surface area (Å²) in [5.41, 5.74) is 0.106. The summed E-state index contributed by atoms with van der Waals surface area (Å²) < 4.78 is 0. The summed E-state index contributed by atoms with van der Waals surface area (Å²) in [7, 11) is 0. The number of ketones is 1. The zero-order valence-corrected chi connectivity index (χ0v) is 7.59. The van der Waals surface area contributed by atoms with Crippen LogP contribution in [-0.4, -0.2) is 17.6 Å². The zero-order chi connectivity index (χ0) is 10.0. The molecule has 0 unspecified atom stereocenters. The smallest absolute Gasteiger partial charge is 0.261 e. The number of carbonyl (C=O) groups excluding carboxylic acids is 3. The van der Waals surface area contributed by atoms with E-state index in [1.54, 1.807) is 6.08 Å². The molecule has 1 fully saturated rings. The normalized spacial score (nSPS) is 21.2. The third-order valence-electron chi connectivity index (χ3n) is 1.62. The molecule has 0 aromatic heterocycles. The van der Waals surface area contributed by atoms with Crippen molar-refractivity contribution in [3.05, 3.63) is 11.6 Å². The number of hydrogen-bond donors (Lipinski definition) is 1. The van der Waals surface area contributed by atoms with Crippen molar-refractivity contribution in [1.82, 2.24) is 5.32 Å². The van der Waals surface area contributed by atoms with E-state index in [1.807, 2.05) is 13.8 Å². The molecule has 4 heteroatoms. The second kappa shape index (κ2) is 3.51. The Morgan fingerprint density at radius 1 is 1.31 bits per heavy atom. The van der Waals surface area contributed by atoms with Gasteiger partial charge >= 0.3 is 0 Å². The summed E-state index contributed by atoms with van der Waals surface area (Å²) in [5, 5.41) is 2.10. The first kappa shape index (κ1) is 9.64. The molecule has 0 radical (unpaired) electrons. The van der Waals surface area contributed by atoms with Crippen LogP contribution in [-0.2, 0) is 14.4 Å². The first-order chi connectivity index (χ1) is 6.00. The van der Waals surface area contributed by atoms with Crippen LogP contribution in [0.15, 0.2) is 11.6 Å². The van der Waals surface area contributed by atoms with Crippen LogP contribution in [0, 0.1) is 5.92 Å². The summed E-state index contributed by atoms with van der Waals surface area (Å²) in [6.07, 6.45) is 1.36. The Balaban J connectivity index is 2.91. The van der Waals surface area contributed by atoms with Crippen molar-refractivity contribution < 1.29 is 14.4 Å². The molecule has 0 aromatic rings. The third kappa shape index (κ3) is 2.24. The lowest BCUT2D eigenvalue weighted by atomic mass is 10.00. The van der Waals surface area contributed by atoms with Gasteiger partial charge in [0.05, 0.1) is 12.0 Å². The summed E-state index contributed by atoms with van der Waals surface area (Å²) in [6, 6.07) is 0. The average molecular weight is 181 g/mol. The minimum Gasteiger partial charge on any atom is -0.293 e. The first-order valence-electron chi connectivity index (χ1n) is 4.10. The van der Waals surface area contributed by atoms with E-state index in [9.17, 15) is 14.4 Å². The standard InChI is InChI=1S/C9H11NO3/c1-5(2)3-6-7(11)4-8(12)10-9(6)13/h3,5H,4H2,1-2H3,(H,10,12,13)/b6-3+. The van der Waals surface area contributed by atoms with Gasteiger partial charge in [-0.25, -0.2) is 0 Å². The Kier molecular flexibility index (Phi) is 2.60. The van der Waals surface area contributed by atoms with Crippen molar-refractivity contribution in [1.29, 1.82) is 0 Å². The molecule has 1 aliphatic rings. The number of Topliss-reactive ketones (excluding diaryl/α,β-unsaturated/α-hetero) is 1. The highest BCUT2D eigenvalue weighted by Crippen LogP contribution is 2.10. The van der Waals surface area contributed by atoms with Gasteiger partial charge in [0.2, 0.25) is 5.91 Å². The number of allylic oxidation sites excluding steroid dienone is 1. The largest absolute Gasteiger partial charge is 0.293 e. The number of imide groups is 1. The fourth-order valence-electron chi connectivity index (χ4n) is 1.11. The van der Waals surface area contributed by atoms with Crippen LogP contribution in [0.4, 0.5) is 0 Å². The van der Waals surface area contributed by atoms with Crippen LogP contribution in [0.1, 0.15) is 20.3 Å². The molecule has 1 heterocycles. The molecular weight excluding hydrogens is 170 g/mol. The topological polar surface area (TPSA) is 63.2 Å². The highest BCUT2D eigenvalue weighted by atomic mass is 16.2. The molecule has 2 amide bonds. The Morgan fingerprint density at radius 3 is 2.38 bits per heavy atom. The van der Waals surface area contributed by atoms with Gasteiger partial charge in [-0.2, -0.15) is 0 Å². The van der Waals surface area contributed by atoms with Gasteiger partial charge in [0.15, 0.2) is 5.78 Å². The van der Waals surface area contributed by atoms with Crippen LogP contribution < -0.4 is 5.32 Å². The number of carbonyl (C=O) groups is 3. The fraction of sp³-hybridized carbons (Fsp3) is 0.444. The molecule has 0 aliphatic carbocycles. The van der Waals surface area contributed by atoms with Crippen molar-refractivity contribution in [3.8, 4) is 0 Å². The summed E-state index contributed by atoms with van der Waals surface area (Å²) in [5.74, 6) is -1.36. The number of piperidine rings is 1. The minimum absolute atomic E-state index is 0.106. The van der Waals surface area contributed by atoms with Crippen molar-refractivity contribution in [2.24, 2.45) is 5.92 Å². The molecule has 1 aliphatic heterocycles. The van der Waals surface area contributed by atoms with Gasteiger partial charge in [-0.05, 0) is 5.92 Å². The Bertz CT molecular complexity index is 280. The first-order valence-corrected chi connectivity index (χ1v) is 4.10. The molecule has 1 saturated heterocycles. The highest BCUT2D eigenvalue weighted by molar-refractivity contribution is 6.30. The maximum Gasteiger partial charge on any atom is 0.261 e. The van der Waals surface area contributed by atoms with E-state index < -0.39 is 11.8 Å². The van der Waals surface area contributed by atoms with E-state index >= 15 is 0 Å². The fourth-order valence-corrected chi connectivity index (χ4v) is 1.11. The van der Waals surface area contributed by atoms with Gasteiger partial charge < -0.3 is 0 Å². The number of nitrogens with one attached hydrogen (secondary N) is 1. The van der Waals surface area contributed by atoms with Gasteiger partial charge in [0, 0.05) is 0 Å². The van der Waals surface area contributed by atoms with E-state index in [0.29, 0.717) is 0 Å². The van der Waals surface area contributed by atoms with Crippen molar-refractivity contribution in [2.75, 3.05) is 0 Å². The second-order valence-electron chi connectivity index (χ2n) is 3.30. The molecule has 1 rings (SSSR count). The summed E-state index contributed by atoms with van der Waals surface area (Å²) in [6.45, 7) is 3.73. The summed E-state index contributed by atoms with van der Waals surface area (Å²) in [4.78, 5) is 33.1. The summed E-state index contributed by atoms with van der Waals surface area (Å²) >= 11 is 0. The molecule has 0 atom stereocenters. The lowest BCUT2D eigenvalue weighted by Crippen LogP contribution is -2.41. The third-order valence-corrected chi connectivity index (χ3v) is 1.62. The van der Waals surface area contributed by atoms with Gasteiger partial charge in [0.25, 0.3) is 5.91 Å². The highest BCUT2D eigenvalue weighted by Gasteiger charge is 2.27. The molecule has 0 spiro atoms. The van der Waals surface area contributed by atoms with E-state index in [0.717, 1.165) is 0 Å². The monoisotopic (exact) mass is 181 g/mol. The van der Waals surface area contributed by atoms with E-state index in [1.165, 1.54) is 0 Å². The van der Waals surface area contributed by atoms with Crippen LogP contribution in [0.3, 0.4) is 0 Å². The van der Waals surface area contributed by atoms with Gasteiger partial charge in [-0.1, -0.05) is 19.9 Å². The number of rotatable bonds is 1. The lowest BCUT2D eigenvalue weighted by Gasteiger charge is -2.13. The molecule has 1 N–H and O–H groups in total. The minimum atomic E-state index is -0.574. The van der Waals surface area contributed by atoms with Gasteiger partial charge in [0.1, 0.15) is 0 Å². The van der Waals surface area contributed by atoms with Gasteiger partial charge in [-0.15, -0.1) is 0 Å². The molecule has 70 valence electrons. The van der Waals surface area contributed by atoms with Crippen LogP contribution >= 0.6 is 0 Å². The quantitative estimate of drug-likeness (QED) is 0.272. The predicted octanol–water partition coefficient (Wildman–Crippen LogP) is 0.184. The van der Waals surface area contributed by atoms with Crippen molar-refractivity contribution in [2.45, 2.75) is 20.3 Å². The van der Waals surface area contributed by atoms with E-state index in [2.05, 4.69) is 5.32 Å². The maximum absolute atomic E-state index is 11.2. The van der Waals surface area contributed by atoms with Crippen LogP contribution in [0.25, 0.3) is 0 Å². The Labute approximate surface area is 76.0 Å². The molecule has 4 nitrogen and oxygen atoms in total. The number of hydrogen-bond acceptors (Lipinski definition) is 3. The molecule has 0 aromatic carbocycles. The molecular formula is C9H11NO3. The van der Waals surface area contributed by atoms with Crippen LogP contribution in [0.5, 0.6) is 0 Å². The van der Waals surface area contributed by atoms with Crippen molar-refractivity contribution in [3.63, 3.8) is 0 Å². The number of amides is 2. The van der Waals surface area contributed by atoms with Crippen LogP contribution in [0.2, 0.25) is 0 Å². The lowest BCUT2D eigenvalue weighted by molar-refractivity contribution is -0.134. The molecule has 0 saturated carbocycles. The van der Waals surface area contributed by atoms with E-state index in [4.69, 9.17) is 0 Å². The Hall–Kier alpha value is -1.45. The zero-order valence-electron chi connectivity index (χ0n) is 7.59.